The molecular weight excluding hydrogens is 211 g/mol. The lowest BCUT2D eigenvalue weighted by molar-refractivity contribution is 0.0778. The van der Waals surface area contributed by atoms with Crippen molar-refractivity contribution in [3.8, 4) is 0 Å². The second kappa shape index (κ2) is 6.17. The molecule has 1 rings (SSSR count). The Morgan fingerprint density at radius 2 is 2.38 bits per heavy atom. The molecule has 0 aromatic carbocycles. The summed E-state index contributed by atoms with van der Waals surface area (Å²) in [6, 6.07) is 2.63. The molecule has 5 heteroatoms. The fraction of sp³-hybridized carbons (Fsp3) is 0.455. The number of carbonyl (C=O) groups is 1. The Labute approximate surface area is 94.0 Å². The van der Waals surface area contributed by atoms with Crippen molar-refractivity contribution in [3.05, 3.63) is 29.8 Å². The highest BCUT2D eigenvalue weighted by atomic mass is 19.1. The number of hydrogen-bond donors (Lipinski definition) is 0. The molecule has 1 aromatic rings. The van der Waals surface area contributed by atoms with Crippen LogP contribution in [0.15, 0.2) is 18.3 Å². The Morgan fingerprint density at radius 1 is 1.62 bits per heavy atom. The van der Waals surface area contributed by atoms with Gasteiger partial charge in [-0.1, -0.05) is 0 Å². The van der Waals surface area contributed by atoms with E-state index in [1.807, 2.05) is 0 Å². The van der Waals surface area contributed by atoms with Crippen molar-refractivity contribution >= 4 is 5.91 Å². The van der Waals surface area contributed by atoms with E-state index < -0.39 is 5.95 Å². The number of amides is 1. The van der Waals surface area contributed by atoms with Crippen molar-refractivity contribution in [2.24, 2.45) is 0 Å². The highest BCUT2D eigenvalue weighted by molar-refractivity contribution is 5.93. The van der Waals surface area contributed by atoms with Crippen molar-refractivity contribution in [1.29, 1.82) is 0 Å². The van der Waals surface area contributed by atoms with Crippen LogP contribution in [-0.2, 0) is 4.74 Å². The van der Waals surface area contributed by atoms with E-state index in [4.69, 9.17) is 4.74 Å². The molecule has 0 unspecified atom stereocenters. The Balaban J connectivity index is 2.56. The van der Waals surface area contributed by atoms with Crippen LogP contribution < -0.4 is 0 Å². The van der Waals surface area contributed by atoms with Gasteiger partial charge in [0.1, 0.15) is 0 Å². The van der Waals surface area contributed by atoms with Crippen molar-refractivity contribution in [2.45, 2.75) is 6.42 Å². The minimum absolute atomic E-state index is 0.211. The average molecular weight is 226 g/mol. The van der Waals surface area contributed by atoms with Crippen LogP contribution in [0, 0.1) is 5.95 Å². The predicted molar refractivity (Wildman–Crippen MR) is 57.6 cm³/mol. The van der Waals surface area contributed by atoms with Crippen LogP contribution in [0.4, 0.5) is 4.39 Å². The summed E-state index contributed by atoms with van der Waals surface area (Å²) in [7, 11) is 3.29. The first-order valence-corrected chi connectivity index (χ1v) is 5.01. The number of ether oxygens (including phenoxy) is 1. The second-order valence-electron chi connectivity index (χ2n) is 3.44. The first-order valence-electron chi connectivity index (χ1n) is 5.01. The van der Waals surface area contributed by atoms with Crippen molar-refractivity contribution in [3.63, 3.8) is 0 Å². The molecule has 0 aliphatic heterocycles. The van der Waals surface area contributed by atoms with E-state index in [1.165, 1.54) is 17.2 Å². The minimum atomic E-state index is -0.642. The molecule has 0 radical (unpaired) electrons. The number of rotatable bonds is 5. The lowest BCUT2D eigenvalue weighted by Gasteiger charge is -2.16. The molecule has 1 amide bonds. The summed E-state index contributed by atoms with van der Waals surface area (Å²) in [5.74, 6) is -0.853. The lowest BCUT2D eigenvalue weighted by Crippen LogP contribution is -2.28. The Kier molecular flexibility index (Phi) is 4.85. The van der Waals surface area contributed by atoms with Gasteiger partial charge in [-0.3, -0.25) is 4.79 Å². The van der Waals surface area contributed by atoms with Gasteiger partial charge in [0, 0.05) is 45.1 Å². The molecule has 1 heterocycles. The van der Waals surface area contributed by atoms with Gasteiger partial charge in [-0.05, 0) is 12.5 Å². The van der Waals surface area contributed by atoms with Crippen molar-refractivity contribution in [1.82, 2.24) is 9.88 Å². The van der Waals surface area contributed by atoms with Gasteiger partial charge in [-0.2, -0.15) is 4.39 Å². The maximum Gasteiger partial charge on any atom is 0.253 e. The van der Waals surface area contributed by atoms with Crippen molar-refractivity contribution < 1.29 is 13.9 Å². The van der Waals surface area contributed by atoms with E-state index in [9.17, 15) is 9.18 Å². The maximum atomic E-state index is 12.8. The van der Waals surface area contributed by atoms with Crippen molar-refractivity contribution in [2.75, 3.05) is 27.3 Å². The number of hydrogen-bond acceptors (Lipinski definition) is 3. The summed E-state index contributed by atoms with van der Waals surface area (Å²) >= 11 is 0. The zero-order valence-corrected chi connectivity index (χ0v) is 9.44. The first-order chi connectivity index (χ1) is 7.65. The maximum absolute atomic E-state index is 12.8. The van der Waals surface area contributed by atoms with Crippen LogP contribution in [0.1, 0.15) is 16.8 Å². The molecule has 88 valence electrons. The van der Waals surface area contributed by atoms with E-state index in [0.29, 0.717) is 18.7 Å². The molecule has 1 aromatic heterocycles. The van der Waals surface area contributed by atoms with Crippen LogP contribution in [0.25, 0.3) is 0 Å². The number of carbonyl (C=O) groups excluding carboxylic acids is 1. The molecule has 4 nitrogen and oxygen atoms in total. The molecule has 0 aliphatic carbocycles. The predicted octanol–water partition coefficient (Wildman–Crippen LogP) is 1.33. The third-order valence-corrected chi connectivity index (χ3v) is 2.16. The molecule has 0 bridgehead atoms. The molecule has 0 aliphatic rings. The Bertz CT molecular complexity index is 358. The van der Waals surface area contributed by atoms with Gasteiger partial charge in [-0.25, -0.2) is 4.98 Å². The van der Waals surface area contributed by atoms with Crippen LogP contribution in [0.2, 0.25) is 0 Å². The molecule has 0 spiro atoms. The Morgan fingerprint density at radius 3 is 3.00 bits per heavy atom. The number of pyridine rings is 1. The summed E-state index contributed by atoms with van der Waals surface area (Å²) in [6.07, 6.45) is 2.04. The molecule has 0 saturated heterocycles. The van der Waals surface area contributed by atoms with Crippen LogP contribution >= 0.6 is 0 Å². The highest BCUT2D eigenvalue weighted by Crippen LogP contribution is 2.04. The summed E-state index contributed by atoms with van der Waals surface area (Å²) in [5.41, 5.74) is 0.312. The number of halogens is 1. The third kappa shape index (κ3) is 3.58. The van der Waals surface area contributed by atoms with E-state index in [0.717, 1.165) is 12.5 Å². The van der Waals surface area contributed by atoms with Gasteiger partial charge >= 0.3 is 0 Å². The van der Waals surface area contributed by atoms with E-state index in [1.54, 1.807) is 14.2 Å². The monoisotopic (exact) mass is 226 g/mol. The standard InChI is InChI=1S/C11H15FN2O2/c1-14(6-3-7-16-2)11(15)9-4-5-13-10(12)8-9/h4-5,8H,3,6-7H2,1-2H3. The first kappa shape index (κ1) is 12.6. The van der Waals surface area contributed by atoms with E-state index in [2.05, 4.69) is 4.98 Å². The summed E-state index contributed by atoms with van der Waals surface area (Å²) in [5, 5.41) is 0. The zero-order valence-electron chi connectivity index (χ0n) is 9.44. The quantitative estimate of drug-likeness (QED) is 0.562. The molecule has 0 atom stereocenters. The third-order valence-electron chi connectivity index (χ3n) is 2.16. The molecule has 0 saturated carbocycles. The van der Waals surface area contributed by atoms with Gasteiger partial charge in [0.2, 0.25) is 5.95 Å². The molecule has 16 heavy (non-hydrogen) atoms. The van der Waals surface area contributed by atoms with Crippen LogP contribution in [0.5, 0.6) is 0 Å². The van der Waals surface area contributed by atoms with Gasteiger partial charge in [0.15, 0.2) is 0 Å². The van der Waals surface area contributed by atoms with Crippen LogP contribution in [0.3, 0.4) is 0 Å². The summed E-state index contributed by atoms with van der Waals surface area (Å²) in [6.45, 7) is 1.18. The van der Waals surface area contributed by atoms with Gasteiger partial charge in [0.05, 0.1) is 0 Å². The largest absolute Gasteiger partial charge is 0.385 e. The molecule has 0 N–H and O–H groups in total. The van der Waals surface area contributed by atoms with Gasteiger partial charge in [0.25, 0.3) is 5.91 Å². The fourth-order valence-corrected chi connectivity index (χ4v) is 1.30. The van der Waals surface area contributed by atoms with Crippen LogP contribution in [-0.4, -0.2) is 43.1 Å². The normalized spacial score (nSPS) is 10.2. The van der Waals surface area contributed by atoms with Gasteiger partial charge < -0.3 is 9.64 Å². The number of aromatic nitrogens is 1. The topological polar surface area (TPSA) is 42.4 Å². The summed E-state index contributed by atoms with van der Waals surface area (Å²) in [4.78, 5) is 16.7. The van der Waals surface area contributed by atoms with Gasteiger partial charge in [-0.15, -0.1) is 0 Å². The summed E-state index contributed by atoms with van der Waals surface area (Å²) < 4.78 is 17.7. The van der Waals surface area contributed by atoms with E-state index >= 15 is 0 Å². The Hall–Kier alpha value is -1.49. The highest BCUT2D eigenvalue weighted by Gasteiger charge is 2.11. The average Bonchev–Trinajstić information content (AvgIpc) is 2.28. The smallest absolute Gasteiger partial charge is 0.253 e. The number of nitrogens with zero attached hydrogens (tertiary/aromatic N) is 2. The molecule has 0 fully saturated rings. The second-order valence-corrected chi connectivity index (χ2v) is 3.44. The zero-order chi connectivity index (χ0) is 12.0. The molecular formula is C11H15FN2O2. The number of methoxy groups -OCH3 is 1. The SMILES string of the molecule is COCCCN(C)C(=O)c1ccnc(F)c1. The lowest BCUT2D eigenvalue weighted by atomic mass is 10.2. The fourth-order valence-electron chi connectivity index (χ4n) is 1.30. The van der Waals surface area contributed by atoms with E-state index in [-0.39, 0.29) is 5.91 Å². The minimum Gasteiger partial charge on any atom is -0.385 e.